The fourth-order valence-corrected chi connectivity index (χ4v) is 3.52. The Labute approximate surface area is 168 Å². The summed E-state index contributed by atoms with van der Waals surface area (Å²) in [6.45, 7) is 11.4. The average molecular weight is 385 g/mol. The van der Waals surface area contributed by atoms with Gasteiger partial charge in [0.15, 0.2) is 5.96 Å². The van der Waals surface area contributed by atoms with Gasteiger partial charge in [-0.3, -0.25) is 4.90 Å². The van der Waals surface area contributed by atoms with Crippen molar-refractivity contribution in [3.05, 3.63) is 59.5 Å². The number of ether oxygens (including phenoxy) is 1. The molecule has 1 aromatic carbocycles. The van der Waals surface area contributed by atoms with E-state index >= 15 is 0 Å². The minimum Gasteiger partial charge on any atom is -0.467 e. The molecule has 2 aromatic rings. The predicted molar refractivity (Wildman–Crippen MR) is 112 cm³/mol. The zero-order chi connectivity index (χ0) is 19.8. The molecule has 0 radical (unpaired) electrons. The van der Waals surface area contributed by atoms with Gasteiger partial charge in [-0.15, -0.1) is 0 Å². The number of aliphatic imine (C=N–C) groups is 1. The molecule has 0 bridgehead atoms. The number of hydrogen-bond donors (Lipinski definition) is 2. The van der Waals surface area contributed by atoms with Crippen molar-refractivity contribution >= 4 is 5.96 Å². The molecule has 0 spiro atoms. The number of benzene rings is 1. The molecule has 1 saturated heterocycles. The second kappa shape index (κ2) is 10.3. The molecule has 0 aliphatic carbocycles. The molecule has 2 unspecified atom stereocenters. The minimum atomic E-state index is 0.301. The van der Waals surface area contributed by atoms with E-state index in [1.54, 1.807) is 6.26 Å². The molecule has 1 aliphatic rings. The lowest BCUT2D eigenvalue weighted by atomic mass is 10.1. The Hall–Kier alpha value is -2.31. The van der Waals surface area contributed by atoms with Crippen LogP contribution in [0.4, 0.5) is 0 Å². The summed E-state index contributed by atoms with van der Waals surface area (Å²) in [5.41, 5.74) is 2.53. The number of furan rings is 1. The second-order valence-electron chi connectivity index (χ2n) is 7.40. The van der Waals surface area contributed by atoms with Crippen LogP contribution in [0, 0.1) is 0 Å². The molecule has 0 saturated carbocycles. The van der Waals surface area contributed by atoms with E-state index in [1.165, 1.54) is 11.1 Å². The van der Waals surface area contributed by atoms with Gasteiger partial charge >= 0.3 is 0 Å². The zero-order valence-corrected chi connectivity index (χ0v) is 17.1. The van der Waals surface area contributed by atoms with Crippen molar-refractivity contribution in [3.63, 3.8) is 0 Å². The summed E-state index contributed by atoms with van der Waals surface area (Å²) in [4.78, 5) is 7.14. The molecule has 1 fully saturated rings. The van der Waals surface area contributed by atoms with Crippen LogP contribution in [0.1, 0.15) is 37.7 Å². The van der Waals surface area contributed by atoms with Crippen LogP contribution in [0.3, 0.4) is 0 Å². The van der Waals surface area contributed by atoms with Crippen molar-refractivity contribution in [1.29, 1.82) is 0 Å². The summed E-state index contributed by atoms with van der Waals surface area (Å²) in [7, 11) is 0. The minimum absolute atomic E-state index is 0.301. The van der Waals surface area contributed by atoms with Crippen molar-refractivity contribution < 1.29 is 9.15 Å². The number of morpholine rings is 1. The summed E-state index contributed by atoms with van der Waals surface area (Å²) < 4.78 is 11.2. The third-order valence-corrected chi connectivity index (χ3v) is 4.70. The molecule has 152 valence electrons. The zero-order valence-electron chi connectivity index (χ0n) is 17.1. The number of rotatable bonds is 7. The quantitative estimate of drug-likeness (QED) is 0.567. The van der Waals surface area contributed by atoms with Crippen LogP contribution >= 0.6 is 0 Å². The Balaban J connectivity index is 1.52. The summed E-state index contributed by atoms with van der Waals surface area (Å²) in [6.07, 6.45) is 2.28. The van der Waals surface area contributed by atoms with Gasteiger partial charge in [-0.05, 0) is 44.0 Å². The van der Waals surface area contributed by atoms with E-state index < -0.39 is 0 Å². The normalized spacial score (nSPS) is 20.9. The van der Waals surface area contributed by atoms with E-state index in [9.17, 15) is 0 Å². The van der Waals surface area contributed by atoms with Gasteiger partial charge < -0.3 is 19.8 Å². The van der Waals surface area contributed by atoms with Crippen LogP contribution < -0.4 is 10.6 Å². The van der Waals surface area contributed by atoms with Crippen LogP contribution in [0.5, 0.6) is 0 Å². The standard InChI is InChI=1S/C22H32N4O2/c1-4-23-22(25-13-21-6-5-11-27-21)24-12-19-7-9-20(10-8-19)16-26-14-17(2)28-18(3)15-26/h5-11,17-18H,4,12-16H2,1-3H3,(H2,23,24,25). The maximum absolute atomic E-state index is 5.82. The Bertz CT molecular complexity index is 718. The maximum atomic E-state index is 5.82. The molecule has 2 heterocycles. The maximum Gasteiger partial charge on any atom is 0.191 e. The average Bonchev–Trinajstić information content (AvgIpc) is 3.18. The predicted octanol–water partition coefficient (Wildman–Crippen LogP) is 3.14. The molecule has 1 aliphatic heterocycles. The Morgan fingerprint density at radius 3 is 2.43 bits per heavy atom. The highest BCUT2D eigenvalue weighted by atomic mass is 16.5. The number of nitrogens with zero attached hydrogens (tertiary/aromatic N) is 2. The first-order valence-electron chi connectivity index (χ1n) is 10.1. The van der Waals surface area contributed by atoms with E-state index in [0.717, 1.165) is 37.9 Å². The summed E-state index contributed by atoms with van der Waals surface area (Å²) in [6, 6.07) is 12.6. The largest absolute Gasteiger partial charge is 0.467 e. The molecule has 0 amide bonds. The summed E-state index contributed by atoms with van der Waals surface area (Å²) in [5.74, 6) is 1.68. The van der Waals surface area contributed by atoms with Crippen molar-refractivity contribution in [2.75, 3.05) is 19.6 Å². The first-order chi connectivity index (χ1) is 13.6. The second-order valence-corrected chi connectivity index (χ2v) is 7.40. The molecular weight excluding hydrogens is 352 g/mol. The number of nitrogens with one attached hydrogen (secondary N) is 2. The van der Waals surface area contributed by atoms with Crippen molar-refractivity contribution in [3.8, 4) is 0 Å². The van der Waals surface area contributed by atoms with Gasteiger partial charge in [-0.1, -0.05) is 24.3 Å². The topological polar surface area (TPSA) is 62.0 Å². The lowest BCUT2D eigenvalue weighted by Crippen LogP contribution is -2.44. The fraction of sp³-hybridized carbons (Fsp3) is 0.500. The van der Waals surface area contributed by atoms with Gasteiger partial charge in [-0.25, -0.2) is 4.99 Å². The smallest absolute Gasteiger partial charge is 0.191 e. The molecule has 2 N–H and O–H groups in total. The highest BCUT2D eigenvalue weighted by Crippen LogP contribution is 2.15. The summed E-state index contributed by atoms with van der Waals surface area (Å²) >= 11 is 0. The monoisotopic (exact) mass is 384 g/mol. The van der Waals surface area contributed by atoms with Crippen LogP contribution in [-0.4, -0.2) is 42.7 Å². The van der Waals surface area contributed by atoms with Crippen molar-refractivity contribution in [2.24, 2.45) is 4.99 Å². The van der Waals surface area contributed by atoms with E-state index in [4.69, 9.17) is 9.15 Å². The lowest BCUT2D eigenvalue weighted by molar-refractivity contribution is -0.0704. The van der Waals surface area contributed by atoms with Gasteiger partial charge in [0.05, 0.1) is 31.6 Å². The molecule has 2 atom stereocenters. The van der Waals surface area contributed by atoms with E-state index in [2.05, 4.69) is 65.6 Å². The molecule has 1 aromatic heterocycles. The number of hydrogen-bond acceptors (Lipinski definition) is 4. The van der Waals surface area contributed by atoms with E-state index in [1.807, 2.05) is 12.1 Å². The third kappa shape index (κ3) is 6.39. The highest BCUT2D eigenvalue weighted by molar-refractivity contribution is 5.79. The Morgan fingerprint density at radius 1 is 1.07 bits per heavy atom. The van der Waals surface area contributed by atoms with Gasteiger partial charge in [-0.2, -0.15) is 0 Å². The van der Waals surface area contributed by atoms with E-state index in [0.29, 0.717) is 25.3 Å². The van der Waals surface area contributed by atoms with Crippen LogP contribution in [-0.2, 0) is 24.4 Å². The Kier molecular flexibility index (Phi) is 7.51. The molecule has 6 heteroatoms. The first kappa shape index (κ1) is 20.4. The molecule has 6 nitrogen and oxygen atoms in total. The SMILES string of the molecule is CCNC(=NCc1ccc(CN2CC(C)OC(C)C2)cc1)NCc1ccco1. The fourth-order valence-electron chi connectivity index (χ4n) is 3.52. The van der Waals surface area contributed by atoms with Gasteiger partial charge in [0, 0.05) is 26.2 Å². The van der Waals surface area contributed by atoms with Gasteiger partial charge in [0.25, 0.3) is 0 Å². The van der Waals surface area contributed by atoms with E-state index in [-0.39, 0.29) is 0 Å². The molecule has 28 heavy (non-hydrogen) atoms. The van der Waals surface area contributed by atoms with Crippen molar-refractivity contribution in [2.45, 2.75) is 52.6 Å². The lowest BCUT2D eigenvalue weighted by Gasteiger charge is -2.35. The van der Waals surface area contributed by atoms with Crippen LogP contribution in [0.2, 0.25) is 0 Å². The Morgan fingerprint density at radius 2 is 1.79 bits per heavy atom. The van der Waals surface area contributed by atoms with Crippen molar-refractivity contribution in [1.82, 2.24) is 15.5 Å². The molecular formula is C22H32N4O2. The van der Waals surface area contributed by atoms with Crippen LogP contribution in [0.25, 0.3) is 0 Å². The van der Waals surface area contributed by atoms with Gasteiger partial charge in [0.2, 0.25) is 0 Å². The molecule has 3 rings (SSSR count). The summed E-state index contributed by atoms with van der Waals surface area (Å²) in [5, 5.41) is 6.56. The third-order valence-electron chi connectivity index (χ3n) is 4.70. The highest BCUT2D eigenvalue weighted by Gasteiger charge is 2.21. The first-order valence-corrected chi connectivity index (χ1v) is 10.1. The van der Waals surface area contributed by atoms with Gasteiger partial charge in [0.1, 0.15) is 5.76 Å². The van der Waals surface area contributed by atoms with Crippen LogP contribution in [0.15, 0.2) is 52.1 Å². The number of guanidine groups is 1.